The quantitative estimate of drug-likeness (QED) is 0.399. The van der Waals surface area contributed by atoms with Crippen molar-refractivity contribution >= 4 is 39.3 Å². The summed E-state index contributed by atoms with van der Waals surface area (Å²) in [5.41, 5.74) is 1.74. The van der Waals surface area contributed by atoms with Crippen LogP contribution in [-0.2, 0) is 9.53 Å². The number of aromatic nitrogens is 1. The first-order chi connectivity index (χ1) is 17.8. The van der Waals surface area contributed by atoms with Crippen LogP contribution >= 0.6 is 27.3 Å². The van der Waals surface area contributed by atoms with Gasteiger partial charge in [0.1, 0.15) is 5.75 Å². The Bertz CT molecular complexity index is 1560. The molecule has 1 N–H and O–H groups in total. The van der Waals surface area contributed by atoms with E-state index >= 15 is 0 Å². The van der Waals surface area contributed by atoms with E-state index in [4.69, 9.17) is 19.2 Å². The van der Waals surface area contributed by atoms with Crippen molar-refractivity contribution in [2.45, 2.75) is 32.7 Å². The van der Waals surface area contributed by atoms with Gasteiger partial charge in [-0.1, -0.05) is 42.9 Å². The van der Waals surface area contributed by atoms with Gasteiger partial charge in [0.25, 0.3) is 5.56 Å². The number of fused-ring (bicyclic) bond motifs is 1. The molecule has 4 rings (SSSR count). The van der Waals surface area contributed by atoms with Gasteiger partial charge in [0.15, 0.2) is 16.3 Å². The van der Waals surface area contributed by atoms with E-state index in [2.05, 4.69) is 15.9 Å². The van der Waals surface area contributed by atoms with Crippen LogP contribution in [0, 0.1) is 0 Å². The predicted octanol–water partition coefficient (Wildman–Crippen LogP) is 4.06. The maximum Gasteiger partial charge on any atom is 0.338 e. The maximum absolute atomic E-state index is 13.8. The Balaban J connectivity index is 2.01. The second kappa shape index (κ2) is 11.4. The summed E-state index contributed by atoms with van der Waals surface area (Å²) >= 11 is 4.73. The number of carbonyl (C=O) groups excluding carboxylic acids is 1. The minimum absolute atomic E-state index is 0.0645. The summed E-state index contributed by atoms with van der Waals surface area (Å²) in [6.07, 6.45) is 2.91. The first-order valence-corrected chi connectivity index (χ1v) is 13.4. The highest BCUT2D eigenvalue weighted by Crippen LogP contribution is 2.36. The van der Waals surface area contributed by atoms with Crippen molar-refractivity contribution in [2.75, 3.05) is 20.8 Å². The van der Waals surface area contributed by atoms with Gasteiger partial charge < -0.3 is 19.3 Å². The number of aromatic hydroxyl groups is 1. The number of phenols is 1. The number of benzene rings is 2. The number of thiazole rings is 1. The number of hydrogen-bond donors (Lipinski definition) is 1. The smallest absolute Gasteiger partial charge is 0.338 e. The van der Waals surface area contributed by atoms with Crippen LogP contribution in [0.3, 0.4) is 0 Å². The average Bonchev–Trinajstić information content (AvgIpc) is 3.19. The molecule has 194 valence electrons. The molecule has 3 aromatic rings. The van der Waals surface area contributed by atoms with E-state index in [0.717, 1.165) is 6.42 Å². The van der Waals surface area contributed by atoms with Crippen LogP contribution < -0.4 is 24.4 Å². The molecule has 0 aliphatic carbocycles. The van der Waals surface area contributed by atoms with E-state index in [1.54, 1.807) is 44.4 Å². The van der Waals surface area contributed by atoms with Gasteiger partial charge >= 0.3 is 5.97 Å². The minimum Gasteiger partial charge on any atom is -0.504 e. The zero-order valence-corrected chi connectivity index (χ0v) is 23.3. The lowest BCUT2D eigenvalue weighted by Gasteiger charge is -2.26. The number of phenolic OH excluding ortho intramolecular Hbond substituents is 1. The molecular weight excluding hydrogens is 560 g/mol. The van der Waals surface area contributed by atoms with Crippen LogP contribution in [0.2, 0.25) is 0 Å². The SMILES string of the molecule is CCCC1=C(C(=O)OCC)[C@H](c2ccc(OC)c(Br)c2)n2c(s/c(=C\c3cccc(OC)c3O)c2=O)=N1. The maximum atomic E-state index is 13.8. The number of halogens is 1. The molecule has 2 aromatic carbocycles. The van der Waals surface area contributed by atoms with Gasteiger partial charge in [-0.25, -0.2) is 9.79 Å². The summed E-state index contributed by atoms with van der Waals surface area (Å²) in [6, 6.07) is 9.76. The second-order valence-electron chi connectivity index (χ2n) is 8.21. The summed E-state index contributed by atoms with van der Waals surface area (Å²) < 4.78 is 18.6. The molecule has 0 fully saturated rings. The number of hydrogen-bond acceptors (Lipinski definition) is 8. The molecule has 8 nitrogen and oxygen atoms in total. The molecule has 10 heteroatoms. The molecule has 0 bridgehead atoms. The van der Waals surface area contributed by atoms with E-state index in [1.165, 1.54) is 23.0 Å². The zero-order valence-electron chi connectivity index (χ0n) is 20.9. The van der Waals surface area contributed by atoms with E-state index in [-0.39, 0.29) is 17.9 Å². The van der Waals surface area contributed by atoms with Gasteiger partial charge in [-0.05, 0) is 59.1 Å². The van der Waals surface area contributed by atoms with E-state index in [0.29, 0.717) is 54.1 Å². The molecule has 37 heavy (non-hydrogen) atoms. The summed E-state index contributed by atoms with van der Waals surface area (Å²) in [4.78, 5) is 32.3. The van der Waals surface area contributed by atoms with Crippen molar-refractivity contribution in [3.05, 3.63) is 83.0 Å². The predicted molar refractivity (Wildman–Crippen MR) is 145 cm³/mol. The molecule has 2 heterocycles. The standard InChI is InChI=1S/C27H27BrN2O6S/c1-5-8-18-22(26(33)36-6-2)23(15-11-12-19(34-3)17(28)13-15)30-25(32)21(37-27(30)29-18)14-16-9-7-10-20(35-4)24(16)31/h7,9-14,23,31H,5-6,8H2,1-4H3/b21-14-/t23-/m0/s1. The molecule has 0 saturated heterocycles. The van der Waals surface area contributed by atoms with Crippen molar-refractivity contribution in [1.82, 2.24) is 4.57 Å². The molecule has 0 amide bonds. The Labute approximate surface area is 226 Å². The number of ether oxygens (including phenoxy) is 3. The molecule has 1 aliphatic rings. The molecule has 0 radical (unpaired) electrons. The normalized spacial score (nSPS) is 15.3. The van der Waals surface area contributed by atoms with Gasteiger partial charge in [-0.2, -0.15) is 0 Å². The highest BCUT2D eigenvalue weighted by molar-refractivity contribution is 9.10. The van der Waals surface area contributed by atoms with Gasteiger partial charge in [0.2, 0.25) is 0 Å². The fourth-order valence-corrected chi connectivity index (χ4v) is 5.82. The number of para-hydroxylation sites is 1. The third-order valence-corrected chi connectivity index (χ3v) is 7.52. The molecule has 0 unspecified atom stereocenters. The van der Waals surface area contributed by atoms with E-state index in [1.807, 2.05) is 19.1 Å². The van der Waals surface area contributed by atoms with E-state index in [9.17, 15) is 14.7 Å². The number of methoxy groups -OCH3 is 2. The Morgan fingerprint density at radius 2 is 1.95 bits per heavy atom. The molecular formula is C27H27BrN2O6S. The first-order valence-electron chi connectivity index (χ1n) is 11.8. The van der Waals surface area contributed by atoms with E-state index < -0.39 is 12.0 Å². The first kappa shape index (κ1) is 26.7. The van der Waals surface area contributed by atoms with Gasteiger partial charge in [-0.15, -0.1) is 0 Å². The molecule has 0 saturated carbocycles. The van der Waals surface area contributed by atoms with Gasteiger partial charge in [-0.3, -0.25) is 9.36 Å². The lowest BCUT2D eigenvalue weighted by atomic mass is 9.94. The molecule has 1 aromatic heterocycles. The van der Waals surface area contributed by atoms with Crippen molar-refractivity contribution < 1.29 is 24.1 Å². The van der Waals surface area contributed by atoms with Crippen molar-refractivity contribution in [1.29, 1.82) is 0 Å². The van der Waals surface area contributed by atoms with Crippen LogP contribution in [-0.4, -0.2) is 36.5 Å². The topological polar surface area (TPSA) is 99.4 Å². The second-order valence-corrected chi connectivity index (χ2v) is 10.1. The third-order valence-electron chi connectivity index (χ3n) is 5.92. The van der Waals surface area contributed by atoms with Crippen LogP contribution in [0.4, 0.5) is 0 Å². The van der Waals surface area contributed by atoms with Crippen molar-refractivity contribution in [3.8, 4) is 17.2 Å². The zero-order chi connectivity index (χ0) is 26.7. The summed E-state index contributed by atoms with van der Waals surface area (Å²) in [5, 5.41) is 10.6. The molecule has 1 atom stereocenters. The molecule has 0 spiro atoms. The largest absolute Gasteiger partial charge is 0.504 e. The van der Waals surface area contributed by atoms with Crippen LogP contribution in [0.15, 0.2) is 61.9 Å². The molecule has 1 aliphatic heterocycles. The monoisotopic (exact) mass is 586 g/mol. The van der Waals surface area contributed by atoms with Gasteiger partial charge in [0, 0.05) is 5.56 Å². The number of esters is 1. The lowest BCUT2D eigenvalue weighted by molar-refractivity contribution is -0.139. The third kappa shape index (κ3) is 5.08. The Kier molecular flexibility index (Phi) is 8.19. The fraction of sp³-hybridized carbons (Fsp3) is 0.296. The van der Waals surface area contributed by atoms with Crippen LogP contribution in [0.5, 0.6) is 17.2 Å². The number of allylic oxidation sites excluding steroid dienone is 1. The average molecular weight is 587 g/mol. The minimum atomic E-state index is -0.750. The van der Waals surface area contributed by atoms with Gasteiger partial charge in [0.05, 0.1) is 47.1 Å². The summed E-state index contributed by atoms with van der Waals surface area (Å²) in [6.45, 7) is 3.94. The lowest BCUT2D eigenvalue weighted by Crippen LogP contribution is -2.40. The number of carbonyl (C=O) groups is 1. The van der Waals surface area contributed by atoms with Crippen molar-refractivity contribution in [3.63, 3.8) is 0 Å². The summed E-state index contributed by atoms with van der Waals surface area (Å²) in [5.74, 6) is 0.356. The van der Waals surface area contributed by atoms with Crippen LogP contribution in [0.1, 0.15) is 43.9 Å². The fourth-order valence-electron chi connectivity index (χ4n) is 4.25. The number of rotatable bonds is 8. The van der Waals surface area contributed by atoms with Crippen molar-refractivity contribution in [2.24, 2.45) is 4.99 Å². The Hall–Kier alpha value is -3.37. The Morgan fingerprint density at radius 1 is 1.19 bits per heavy atom. The number of nitrogens with zero attached hydrogens (tertiary/aromatic N) is 2. The highest BCUT2D eigenvalue weighted by atomic mass is 79.9. The Morgan fingerprint density at radius 3 is 2.59 bits per heavy atom. The summed E-state index contributed by atoms with van der Waals surface area (Å²) in [7, 11) is 3.03. The highest BCUT2D eigenvalue weighted by Gasteiger charge is 2.34. The van der Waals surface area contributed by atoms with Crippen LogP contribution in [0.25, 0.3) is 6.08 Å².